The van der Waals surface area contributed by atoms with Gasteiger partial charge in [-0.2, -0.15) is 0 Å². The van der Waals surface area contributed by atoms with Gasteiger partial charge in [-0.15, -0.1) is 0 Å². The Morgan fingerprint density at radius 3 is 2.55 bits per heavy atom. The summed E-state index contributed by atoms with van der Waals surface area (Å²) in [5, 5.41) is 8.02. The molecule has 2 aromatic rings. The number of carbonyl (C=O) groups is 1. The highest BCUT2D eigenvalue weighted by molar-refractivity contribution is 7.90. The lowest BCUT2D eigenvalue weighted by atomic mass is 10.2. The van der Waals surface area contributed by atoms with E-state index < -0.39 is 38.2 Å². The highest BCUT2D eigenvalue weighted by Crippen LogP contribution is 2.22. The molecule has 0 bridgehead atoms. The maximum absolute atomic E-state index is 13.0. The minimum Gasteiger partial charge on any atom is -0.475 e. The minimum absolute atomic E-state index is 0.191. The van der Waals surface area contributed by atoms with E-state index >= 15 is 0 Å². The van der Waals surface area contributed by atoms with Crippen molar-refractivity contribution >= 4 is 27.4 Å². The van der Waals surface area contributed by atoms with Crippen LogP contribution in [0.5, 0.6) is 0 Å². The van der Waals surface area contributed by atoms with Crippen molar-refractivity contribution in [2.75, 3.05) is 0 Å². The molecule has 1 aromatic carbocycles. The number of sulfone groups is 1. The molecule has 0 aliphatic rings. The second-order valence-corrected chi connectivity index (χ2v) is 6.26. The number of carboxylic acid groups (broad SMARTS) is 1. The number of carboxylic acids is 1. The number of furan rings is 1. The highest BCUT2D eigenvalue weighted by atomic mass is 35.5. The van der Waals surface area contributed by atoms with Gasteiger partial charge in [0.25, 0.3) is 0 Å². The summed E-state index contributed by atoms with van der Waals surface area (Å²) in [6, 6.07) is 5.63. The SMILES string of the molecule is O=C(O)c1ccc(S(=O)(=O)Cc2ccc(F)c(Cl)c2)o1. The fourth-order valence-corrected chi connectivity index (χ4v) is 2.98. The van der Waals surface area contributed by atoms with E-state index in [1.807, 2.05) is 0 Å². The number of hydrogen-bond donors (Lipinski definition) is 1. The van der Waals surface area contributed by atoms with Crippen molar-refractivity contribution in [3.8, 4) is 0 Å². The average Bonchev–Trinajstić information content (AvgIpc) is 2.84. The van der Waals surface area contributed by atoms with Crippen LogP contribution in [0.4, 0.5) is 4.39 Å². The van der Waals surface area contributed by atoms with Crippen LogP contribution in [-0.4, -0.2) is 19.5 Å². The molecule has 0 aliphatic carbocycles. The number of aromatic carboxylic acids is 1. The zero-order valence-electron chi connectivity index (χ0n) is 9.84. The molecule has 0 amide bonds. The quantitative estimate of drug-likeness (QED) is 0.937. The largest absolute Gasteiger partial charge is 0.475 e. The Bertz CT molecular complexity index is 766. The first-order chi connectivity index (χ1) is 9.29. The van der Waals surface area contributed by atoms with Crippen LogP contribution in [0.25, 0.3) is 0 Å². The lowest BCUT2D eigenvalue weighted by Gasteiger charge is -2.03. The molecule has 0 atom stereocenters. The van der Waals surface area contributed by atoms with Gasteiger partial charge in [0.1, 0.15) is 5.82 Å². The van der Waals surface area contributed by atoms with E-state index in [-0.39, 0.29) is 10.6 Å². The molecule has 1 N–H and O–H groups in total. The van der Waals surface area contributed by atoms with Gasteiger partial charge in [0, 0.05) is 0 Å². The molecule has 106 valence electrons. The molecule has 5 nitrogen and oxygen atoms in total. The van der Waals surface area contributed by atoms with Crippen LogP contribution >= 0.6 is 11.6 Å². The summed E-state index contributed by atoms with van der Waals surface area (Å²) in [6.07, 6.45) is 0. The normalized spacial score (nSPS) is 11.5. The molecular weight excluding hydrogens is 311 g/mol. The van der Waals surface area contributed by atoms with Crippen LogP contribution in [0.3, 0.4) is 0 Å². The van der Waals surface area contributed by atoms with Gasteiger partial charge in [0.05, 0.1) is 10.8 Å². The molecule has 8 heteroatoms. The summed E-state index contributed by atoms with van der Waals surface area (Å²) in [6.45, 7) is 0. The van der Waals surface area contributed by atoms with Crippen molar-refractivity contribution in [1.29, 1.82) is 0 Å². The van der Waals surface area contributed by atoms with Gasteiger partial charge in [0.2, 0.25) is 20.7 Å². The molecular formula is C12H8ClFO5S. The fraction of sp³-hybridized carbons (Fsp3) is 0.0833. The summed E-state index contributed by atoms with van der Waals surface area (Å²) in [7, 11) is -3.87. The standard InChI is InChI=1S/C12H8ClFO5S/c13-8-5-7(1-2-9(8)14)6-20(17,18)11-4-3-10(19-11)12(15)16/h1-5H,6H2,(H,15,16). The number of benzene rings is 1. The number of hydrogen-bond acceptors (Lipinski definition) is 4. The van der Waals surface area contributed by atoms with E-state index in [2.05, 4.69) is 0 Å². The Labute approximate surface area is 118 Å². The molecule has 2 rings (SSSR count). The molecule has 20 heavy (non-hydrogen) atoms. The molecule has 1 aromatic heterocycles. The van der Waals surface area contributed by atoms with Gasteiger partial charge < -0.3 is 9.52 Å². The van der Waals surface area contributed by atoms with E-state index in [1.165, 1.54) is 12.1 Å². The predicted octanol–water partition coefficient (Wildman–Crippen LogP) is 2.74. The van der Waals surface area contributed by atoms with Gasteiger partial charge in [-0.25, -0.2) is 17.6 Å². The number of rotatable bonds is 4. The smallest absolute Gasteiger partial charge is 0.371 e. The lowest BCUT2D eigenvalue weighted by Crippen LogP contribution is -2.04. The Morgan fingerprint density at radius 1 is 1.30 bits per heavy atom. The van der Waals surface area contributed by atoms with E-state index in [4.69, 9.17) is 21.1 Å². The number of halogens is 2. The third-order valence-electron chi connectivity index (χ3n) is 2.44. The van der Waals surface area contributed by atoms with Crippen LogP contribution in [0.2, 0.25) is 5.02 Å². The summed E-state index contributed by atoms with van der Waals surface area (Å²) in [5.41, 5.74) is 0.268. The van der Waals surface area contributed by atoms with Gasteiger partial charge >= 0.3 is 5.97 Å². The van der Waals surface area contributed by atoms with Gasteiger partial charge in [-0.1, -0.05) is 17.7 Å². The zero-order valence-corrected chi connectivity index (χ0v) is 11.4. The Kier molecular flexibility index (Phi) is 3.82. The van der Waals surface area contributed by atoms with Crippen molar-refractivity contribution in [3.63, 3.8) is 0 Å². The van der Waals surface area contributed by atoms with Crippen molar-refractivity contribution in [3.05, 3.63) is 52.5 Å². The van der Waals surface area contributed by atoms with E-state index in [9.17, 15) is 17.6 Å². The minimum atomic E-state index is -3.87. The molecule has 0 spiro atoms. The van der Waals surface area contributed by atoms with Crippen molar-refractivity contribution in [2.45, 2.75) is 10.8 Å². The third-order valence-corrected chi connectivity index (χ3v) is 4.27. The summed E-state index contributed by atoms with van der Waals surface area (Å²) < 4.78 is 41.7. The molecule has 0 fully saturated rings. The first-order valence-electron chi connectivity index (χ1n) is 5.29. The van der Waals surface area contributed by atoms with Crippen LogP contribution in [0, 0.1) is 5.82 Å². The highest BCUT2D eigenvalue weighted by Gasteiger charge is 2.22. The summed E-state index contributed by atoms with van der Waals surface area (Å²) >= 11 is 5.56. The van der Waals surface area contributed by atoms with Gasteiger partial charge in [-0.3, -0.25) is 0 Å². The Hall–Kier alpha value is -1.86. The Morgan fingerprint density at radius 2 is 2.00 bits per heavy atom. The molecule has 0 radical (unpaired) electrons. The molecule has 0 unspecified atom stereocenters. The second-order valence-electron chi connectivity index (χ2n) is 3.93. The van der Waals surface area contributed by atoms with E-state index in [0.29, 0.717) is 0 Å². The lowest BCUT2D eigenvalue weighted by molar-refractivity contribution is 0.0656. The summed E-state index contributed by atoms with van der Waals surface area (Å²) in [4.78, 5) is 10.6. The van der Waals surface area contributed by atoms with Crippen LogP contribution in [0.15, 0.2) is 39.8 Å². The van der Waals surface area contributed by atoms with Gasteiger partial charge in [0.15, 0.2) is 0 Å². The van der Waals surface area contributed by atoms with E-state index in [0.717, 1.165) is 18.2 Å². The maximum Gasteiger partial charge on any atom is 0.371 e. The second kappa shape index (κ2) is 5.26. The first-order valence-corrected chi connectivity index (χ1v) is 7.32. The fourth-order valence-electron chi connectivity index (χ4n) is 1.52. The monoisotopic (exact) mass is 318 g/mol. The molecule has 0 saturated heterocycles. The van der Waals surface area contributed by atoms with Crippen molar-refractivity contribution < 1.29 is 27.1 Å². The zero-order chi connectivity index (χ0) is 14.9. The third kappa shape index (κ3) is 3.00. The molecule has 1 heterocycles. The Balaban J connectivity index is 2.30. The van der Waals surface area contributed by atoms with Crippen molar-refractivity contribution in [1.82, 2.24) is 0 Å². The maximum atomic E-state index is 13.0. The topological polar surface area (TPSA) is 84.6 Å². The van der Waals surface area contributed by atoms with Crippen LogP contribution < -0.4 is 0 Å². The van der Waals surface area contributed by atoms with Crippen LogP contribution in [0.1, 0.15) is 16.1 Å². The van der Waals surface area contributed by atoms with E-state index in [1.54, 1.807) is 0 Å². The summed E-state index contributed by atoms with van der Waals surface area (Å²) in [5.74, 6) is -2.96. The predicted molar refractivity (Wildman–Crippen MR) is 68.0 cm³/mol. The first kappa shape index (κ1) is 14.5. The van der Waals surface area contributed by atoms with Crippen molar-refractivity contribution in [2.24, 2.45) is 0 Å². The van der Waals surface area contributed by atoms with Crippen LogP contribution in [-0.2, 0) is 15.6 Å². The average molecular weight is 319 g/mol. The van der Waals surface area contributed by atoms with Gasteiger partial charge in [-0.05, 0) is 29.8 Å². The molecule has 0 aliphatic heterocycles. The molecule has 0 saturated carbocycles.